The van der Waals surface area contributed by atoms with Crippen LogP contribution < -0.4 is 16.2 Å². The molecule has 1 aliphatic heterocycles. The van der Waals surface area contributed by atoms with Crippen LogP contribution in [0, 0.1) is 5.92 Å². The van der Waals surface area contributed by atoms with E-state index in [0.29, 0.717) is 18.3 Å². The van der Waals surface area contributed by atoms with Crippen molar-refractivity contribution in [2.45, 2.75) is 6.42 Å². The second-order valence-electron chi connectivity index (χ2n) is 3.71. The maximum absolute atomic E-state index is 11.3. The van der Waals surface area contributed by atoms with E-state index in [4.69, 9.17) is 17.3 Å². The Balaban J connectivity index is 2.24. The predicted octanol–water partition coefficient (Wildman–Crippen LogP) is 0.208. The van der Waals surface area contributed by atoms with Crippen molar-refractivity contribution in [1.82, 2.24) is 9.97 Å². The van der Waals surface area contributed by atoms with Crippen LogP contribution in [-0.2, 0) is 0 Å². The van der Waals surface area contributed by atoms with Crippen LogP contribution in [0.1, 0.15) is 6.42 Å². The monoisotopic (exact) mass is 228 g/mol. The summed E-state index contributed by atoms with van der Waals surface area (Å²) in [6.07, 6.45) is 2.40. The zero-order valence-electron chi connectivity index (χ0n) is 8.24. The zero-order valence-corrected chi connectivity index (χ0v) is 9.00. The average molecular weight is 229 g/mol. The number of aromatic nitrogens is 2. The summed E-state index contributed by atoms with van der Waals surface area (Å²) >= 11 is 5.89. The number of H-pyrrole nitrogens is 1. The fourth-order valence-corrected chi connectivity index (χ4v) is 2.03. The highest BCUT2D eigenvalue weighted by atomic mass is 35.5. The number of hydrogen-bond acceptors (Lipinski definition) is 4. The van der Waals surface area contributed by atoms with E-state index in [9.17, 15) is 4.79 Å². The van der Waals surface area contributed by atoms with Gasteiger partial charge in [0.2, 0.25) is 0 Å². The van der Waals surface area contributed by atoms with Crippen LogP contribution in [0.15, 0.2) is 11.1 Å². The molecular weight excluding hydrogens is 216 g/mol. The molecule has 0 amide bonds. The van der Waals surface area contributed by atoms with E-state index < -0.39 is 0 Å². The van der Waals surface area contributed by atoms with Gasteiger partial charge in [0.05, 0.1) is 6.33 Å². The van der Waals surface area contributed by atoms with E-state index in [-0.39, 0.29) is 10.6 Å². The first kappa shape index (κ1) is 10.4. The largest absolute Gasteiger partial charge is 0.355 e. The van der Waals surface area contributed by atoms with Gasteiger partial charge in [0.15, 0.2) is 5.82 Å². The molecule has 82 valence electrons. The fraction of sp³-hybridized carbons (Fsp3) is 0.556. The van der Waals surface area contributed by atoms with Gasteiger partial charge in [0, 0.05) is 13.1 Å². The highest BCUT2D eigenvalue weighted by Crippen LogP contribution is 2.24. The normalized spacial score (nSPS) is 20.9. The molecule has 3 N–H and O–H groups in total. The number of halogens is 1. The van der Waals surface area contributed by atoms with E-state index in [2.05, 4.69) is 9.97 Å². The van der Waals surface area contributed by atoms with Crippen molar-refractivity contribution in [2.75, 3.05) is 24.5 Å². The molecule has 2 rings (SSSR count). The molecule has 6 heteroatoms. The van der Waals surface area contributed by atoms with Gasteiger partial charge in [-0.05, 0) is 18.9 Å². The molecule has 1 aromatic rings. The summed E-state index contributed by atoms with van der Waals surface area (Å²) in [5, 5.41) is 0.162. The van der Waals surface area contributed by atoms with Crippen molar-refractivity contribution >= 4 is 17.4 Å². The third-order valence-corrected chi connectivity index (χ3v) is 3.04. The fourth-order valence-electron chi connectivity index (χ4n) is 1.81. The Labute approximate surface area is 92.3 Å². The molecule has 0 saturated carbocycles. The summed E-state index contributed by atoms with van der Waals surface area (Å²) in [5.74, 6) is 1.04. The van der Waals surface area contributed by atoms with Crippen molar-refractivity contribution in [2.24, 2.45) is 11.7 Å². The van der Waals surface area contributed by atoms with Crippen LogP contribution in [0.4, 0.5) is 5.82 Å². The number of nitrogens with one attached hydrogen (secondary N) is 1. The molecule has 0 spiro atoms. The summed E-state index contributed by atoms with van der Waals surface area (Å²) < 4.78 is 0. The van der Waals surface area contributed by atoms with Gasteiger partial charge in [-0.15, -0.1) is 0 Å². The third kappa shape index (κ3) is 1.98. The lowest BCUT2D eigenvalue weighted by atomic mass is 10.1. The first-order chi connectivity index (χ1) is 7.22. The SMILES string of the molecule is NCC1CCN(c2nc[nH]c(=O)c2Cl)C1. The highest BCUT2D eigenvalue weighted by Gasteiger charge is 2.24. The van der Waals surface area contributed by atoms with E-state index in [1.807, 2.05) is 4.90 Å². The van der Waals surface area contributed by atoms with Crippen LogP contribution in [0.5, 0.6) is 0 Å². The first-order valence-electron chi connectivity index (χ1n) is 4.90. The number of nitrogens with two attached hydrogens (primary N) is 1. The Morgan fingerprint density at radius 1 is 1.73 bits per heavy atom. The van der Waals surface area contributed by atoms with Crippen molar-refractivity contribution < 1.29 is 0 Å². The highest BCUT2D eigenvalue weighted by molar-refractivity contribution is 6.32. The maximum atomic E-state index is 11.3. The molecule has 0 aliphatic carbocycles. The predicted molar refractivity (Wildman–Crippen MR) is 59.2 cm³/mol. The molecule has 1 saturated heterocycles. The first-order valence-corrected chi connectivity index (χ1v) is 5.28. The molecule has 0 radical (unpaired) electrons. The van der Waals surface area contributed by atoms with Crippen LogP contribution in [0.2, 0.25) is 5.02 Å². The smallest absolute Gasteiger partial charge is 0.271 e. The molecule has 1 atom stereocenters. The summed E-state index contributed by atoms with van der Waals surface area (Å²) in [7, 11) is 0. The minimum atomic E-state index is -0.294. The molecule has 0 bridgehead atoms. The molecule has 15 heavy (non-hydrogen) atoms. The molecule has 1 fully saturated rings. The standard InChI is InChI=1S/C9H13ClN4O/c10-7-8(12-5-13-9(7)15)14-2-1-6(3-11)4-14/h5-6H,1-4,11H2,(H,12,13,15). The van der Waals surface area contributed by atoms with Gasteiger partial charge in [-0.25, -0.2) is 4.98 Å². The Hall–Kier alpha value is -1.07. The van der Waals surface area contributed by atoms with E-state index in [1.165, 1.54) is 6.33 Å². The van der Waals surface area contributed by atoms with Crippen molar-refractivity contribution in [3.8, 4) is 0 Å². The lowest BCUT2D eigenvalue weighted by molar-refractivity contribution is 0.602. The molecule has 1 unspecified atom stereocenters. The summed E-state index contributed by atoms with van der Waals surface area (Å²) in [6, 6.07) is 0. The van der Waals surface area contributed by atoms with Crippen molar-refractivity contribution in [3.63, 3.8) is 0 Å². The Kier molecular flexibility index (Phi) is 2.93. The number of rotatable bonds is 2. The van der Waals surface area contributed by atoms with E-state index in [0.717, 1.165) is 19.5 Å². The molecule has 1 aromatic heterocycles. The molecule has 5 nitrogen and oxygen atoms in total. The second kappa shape index (κ2) is 4.20. The number of anilines is 1. The Bertz CT molecular complexity index is 405. The van der Waals surface area contributed by atoms with Gasteiger partial charge < -0.3 is 15.6 Å². The van der Waals surface area contributed by atoms with Gasteiger partial charge in [0.1, 0.15) is 5.02 Å². The van der Waals surface area contributed by atoms with Crippen molar-refractivity contribution in [3.05, 3.63) is 21.7 Å². The molecular formula is C9H13ClN4O. The molecule has 0 aromatic carbocycles. The Morgan fingerprint density at radius 2 is 2.53 bits per heavy atom. The number of nitrogens with zero attached hydrogens (tertiary/aromatic N) is 2. The van der Waals surface area contributed by atoms with Gasteiger partial charge in [0.25, 0.3) is 5.56 Å². The number of aromatic amines is 1. The second-order valence-corrected chi connectivity index (χ2v) is 4.08. The van der Waals surface area contributed by atoms with Gasteiger partial charge in [-0.2, -0.15) is 0 Å². The van der Waals surface area contributed by atoms with Crippen LogP contribution >= 0.6 is 11.6 Å². The Morgan fingerprint density at radius 3 is 3.20 bits per heavy atom. The van der Waals surface area contributed by atoms with Crippen LogP contribution in [-0.4, -0.2) is 29.6 Å². The summed E-state index contributed by atoms with van der Waals surface area (Å²) in [5.41, 5.74) is 5.30. The van der Waals surface area contributed by atoms with Crippen LogP contribution in [0.3, 0.4) is 0 Å². The summed E-state index contributed by atoms with van der Waals surface area (Å²) in [4.78, 5) is 19.8. The quantitative estimate of drug-likeness (QED) is 0.759. The minimum Gasteiger partial charge on any atom is -0.355 e. The third-order valence-electron chi connectivity index (χ3n) is 2.70. The lowest BCUT2D eigenvalue weighted by Gasteiger charge is -2.17. The topological polar surface area (TPSA) is 75.0 Å². The maximum Gasteiger partial charge on any atom is 0.271 e. The van der Waals surface area contributed by atoms with Gasteiger partial charge in [-0.1, -0.05) is 11.6 Å². The zero-order chi connectivity index (χ0) is 10.8. The van der Waals surface area contributed by atoms with Gasteiger partial charge >= 0.3 is 0 Å². The van der Waals surface area contributed by atoms with Gasteiger partial charge in [-0.3, -0.25) is 4.79 Å². The van der Waals surface area contributed by atoms with E-state index in [1.54, 1.807) is 0 Å². The molecule has 2 heterocycles. The van der Waals surface area contributed by atoms with E-state index >= 15 is 0 Å². The summed E-state index contributed by atoms with van der Waals surface area (Å²) in [6.45, 7) is 2.35. The van der Waals surface area contributed by atoms with Crippen molar-refractivity contribution in [1.29, 1.82) is 0 Å². The molecule has 1 aliphatic rings. The average Bonchev–Trinajstić information content (AvgIpc) is 2.70. The minimum absolute atomic E-state index is 0.162. The van der Waals surface area contributed by atoms with Crippen LogP contribution in [0.25, 0.3) is 0 Å². The lowest BCUT2D eigenvalue weighted by Crippen LogP contribution is -2.25. The number of hydrogen-bond donors (Lipinski definition) is 2.